The summed E-state index contributed by atoms with van der Waals surface area (Å²) in [7, 11) is 0. The number of anilines is 1. The van der Waals surface area contributed by atoms with Crippen molar-refractivity contribution in [1.82, 2.24) is 0 Å². The molecule has 2 aromatic carbocycles. The summed E-state index contributed by atoms with van der Waals surface area (Å²) < 4.78 is 54.3. The Labute approximate surface area is 113 Å². The van der Waals surface area contributed by atoms with Crippen molar-refractivity contribution in [1.29, 1.82) is 0 Å². The molecular weight excluding hydrogens is 274 g/mol. The summed E-state index contributed by atoms with van der Waals surface area (Å²) in [5.74, 6) is -1.78. The van der Waals surface area contributed by atoms with Crippen LogP contribution in [0.2, 0.25) is 0 Å². The maximum Gasteiger partial charge on any atom is 0.387 e. The first-order valence-corrected chi connectivity index (χ1v) is 5.77. The highest BCUT2D eigenvalue weighted by Gasteiger charge is 2.10. The molecule has 2 nitrogen and oxygen atoms in total. The first-order valence-electron chi connectivity index (χ1n) is 5.77. The zero-order valence-corrected chi connectivity index (χ0v) is 10.2. The van der Waals surface area contributed by atoms with Crippen LogP contribution in [0.3, 0.4) is 0 Å². The predicted octanol–water partition coefficient (Wildman–Crippen LogP) is 4.18. The molecule has 0 fully saturated rings. The fourth-order valence-corrected chi connectivity index (χ4v) is 1.65. The lowest BCUT2D eigenvalue weighted by Gasteiger charge is -2.09. The Morgan fingerprint density at radius 1 is 1.05 bits per heavy atom. The van der Waals surface area contributed by atoms with Gasteiger partial charge in [-0.25, -0.2) is 8.78 Å². The molecule has 0 bridgehead atoms. The Morgan fingerprint density at radius 2 is 1.85 bits per heavy atom. The molecule has 2 aromatic rings. The van der Waals surface area contributed by atoms with Gasteiger partial charge in [-0.1, -0.05) is 12.1 Å². The Morgan fingerprint density at radius 3 is 2.50 bits per heavy atom. The normalized spacial score (nSPS) is 10.7. The molecule has 1 N–H and O–H groups in total. The van der Waals surface area contributed by atoms with E-state index in [0.717, 1.165) is 12.1 Å². The highest BCUT2D eigenvalue weighted by molar-refractivity contribution is 5.47. The van der Waals surface area contributed by atoms with Gasteiger partial charge in [-0.05, 0) is 29.8 Å². The predicted molar refractivity (Wildman–Crippen MR) is 66.8 cm³/mol. The van der Waals surface area contributed by atoms with Gasteiger partial charge >= 0.3 is 6.61 Å². The van der Waals surface area contributed by atoms with Crippen molar-refractivity contribution in [3.05, 3.63) is 59.7 Å². The zero-order valence-electron chi connectivity index (χ0n) is 10.2. The fourth-order valence-electron chi connectivity index (χ4n) is 1.65. The van der Waals surface area contributed by atoms with Crippen LogP contribution in [0.5, 0.6) is 5.75 Å². The molecule has 0 spiro atoms. The minimum absolute atomic E-state index is 0.284. The van der Waals surface area contributed by atoms with Gasteiger partial charge < -0.3 is 10.1 Å². The van der Waals surface area contributed by atoms with Crippen LogP contribution in [0.25, 0.3) is 0 Å². The van der Waals surface area contributed by atoms with E-state index >= 15 is 0 Å². The van der Waals surface area contributed by atoms with Gasteiger partial charge in [0.15, 0.2) is 11.6 Å². The molecule has 0 heterocycles. The Hall–Kier alpha value is -2.24. The summed E-state index contributed by atoms with van der Waals surface area (Å²) in [5.41, 5.74) is 1.06. The number of halogens is 4. The Kier molecular flexibility index (Phi) is 4.45. The fraction of sp³-hybridized carbons (Fsp3) is 0.143. The number of nitrogens with one attached hydrogen (secondary N) is 1. The third kappa shape index (κ3) is 3.88. The van der Waals surface area contributed by atoms with E-state index in [-0.39, 0.29) is 12.4 Å². The molecule has 0 atom stereocenters. The Balaban J connectivity index is 2.02. The number of hydrogen-bond donors (Lipinski definition) is 1. The standard InChI is InChI=1S/C14H11F4NO/c15-10-3-1-2-9(6-10)8-19-11-4-5-13(12(16)7-11)20-14(17)18/h1-7,14,19H,8H2. The molecule has 6 heteroatoms. The van der Waals surface area contributed by atoms with Gasteiger partial charge in [0.2, 0.25) is 0 Å². The van der Waals surface area contributed by atoms with Crippen molar-refractivity contribution >= 4 is 5.69 Å². The second-order valence-electron chi connectivity index (χ2n) is 4.01. The topological polar surface area (TPSA) is 21.3 Å². The van der Waals surface area contributed by atoms with Crippen molar-refractivity contribution in [2.24, 2.45) is 0 Å². The van der Waals surface area contributed by atoms with E-state index in [2.05, 4.69) is 10.1 Å². The van der Waals surface area contributed by atoms with Gasteiger partial charge in [-0.2, -0.15) is 8.78 Å². The van der Waals surface area contributed by atoms with Crippen LogP contribution < -0.4 is 10.1 Å². The number of alkyl halides is 2. The molecule has 106 valence electrons. The molecule has 0 amide bonds. The van der Waals surface area contributed by atoms with E-state index in [0.29, 0.717) is 11.3 Å². The first kappa shape index (κ1) is 14.2. The summed E-state index contributed by atoms with van der Waals surface area (Å²) in [5, 5.41) is 2.86. The molecule has 0 radical (unpaired) electrons. The maximum absolute atomic E-state index is 13.4. The van der Waals surface area contributed by atoms with E-state index < -0.39 is 18.2 Å². The van der Waals surface area contributed by atoms with Crippen LogP contribution in [-0.2, 0) is 6.54 Å². The van der Waals surface area contributed by atoms with Crippen molar-refractivity contribution < 1.29 is 22.3 Å². The van der Waals surface area contributed by atoms with E-state index in [1.54, 1.807) is 12.1 Å². The number of hydrogen-bond acceptors (Lipinski definition) is 2. The first-order chi connectivity index (χ1) is 9.54. The van der Waals surface area contributed by atoms with Crippen LogP contribution in [-0.4, -0.2) is 6.61 Å². The van der Waals surface area contributed by atoms with Gasteiger partial charge in [-0.15, -0.1) is 0 Å². The van der Waals surface area contributed by atoms with Crippen LogP contribution in [0, 0.1) is 11.6 Å². The minimum atomic E-state index is -3.07. The Bertz CT molecular complexity index is 589. The smallest absolute Gasteiger partial charge is 0.387 e. The van der Waals surface area contributed by atoms with Crippen molar-refractivity contribution in [2.45, 2.75) is 13.2 Å². The molecule has 0 unspecified atom stereocenters. The third-order valence-electron chi connectivity index (χ3n) is 2.53. The summed E-state index contributed by atoms with van der Waals surface area (Å²) in [6.07, 6.45) is 0. The highest BCUT2D eigenvalue weighted by atomic mass is 19.3. The van der Waals surface area contributed by atoms with Gasteiger partial charge in [0, 0.05) is 18.3 Å². The van der Waals surface area contributed by atoms with E-state index in [4.69, 9.17) is 0 Å². The quantitative estimate of drug-likeness (QED) is 0.832. The second kappa shape index (κ2) is 6.27. The molecule has 20 heavy (non-hydrogen) atoms. The number of benzene rings is 2. The molecular formula is C14H11F4NO. The number of rotatable bonds is 5. The zero-order chi connectivity index (χ0) is 14.5. The van der Waals surface area contributed by atoms with E-state index in [1.165, 1.54) is 18.2 Å². The molecule has 0 aromatic heterocycles. The monoisotopic (exact) mass is 285 g/mol. The summed E-state index contributed by atoms with van der Waals surface area (Å²) >= 11 is 0. The molecule has 0 aliphatic heterocycles. The van der Waals surface area contributed by atoms with Gasteiger partial charge in [0.1, 0.15) is 5.82 Å². The molecule has 2 rings (SSSR count). The average Bonchev–Trinajstić information content (AvgIpc) is 2.39. The van der Waals surface area contributed by atoms with Crippen LogP contribution in [0.4, 0.5) is 23.2 Å². The van der Waals surface area contributed by atoms with Gasteiger partial charge in [0.05, 0.1) is 0 Å². The van der Waals surface area contributed by atoms with Crippen molar-refractivity contribution in [2.75, 3.05) is 5.32 Å². The van der Waals surface area contributed by atoms with Gasteiger partial charge in [0.25, 0.3) is 0 Å². The summed E-state index contributed by atoms with van der Waals surface area (Å²) in [6.45, 7) is -2.79. The van der Waals surface area contributed by atoms with Crippen LogP contribution >= 0.6 is 0 Å². The maximum atomic E-state index is 13.4. The lowest BCUT2D eigenvalue weighted by Crippen LogP contribution is -2.05. The SMILES string of the molecule is Fc1cccc(CNc2ccc(OC(F)F)c(F)c2)c1. The third-order valence-corrected chi connectivity index (χ3v) is 2.53. The van der Waals surface area contributed by atoms with Crippen LogP contribution in [0.15, 0.2) is 42.5 Å². The molecule has 0 saturated carbocycles. The molecule has 0 aliphatic carbocycles. The van der Waals surface area contributed by atoms with Crippen LogP contribution in [0.1, 0.15) is 5.56 Å². The summed E-state index contributed by atoms with van der Waals surface area (Å²) in [6, 6.07) is 9.48. The number of ether oxygens (including phenoxy) is 1. The molecule has 0 saturated heterocycles. The summed E-state index contributed by atoms with van der Waals surface area (Å²) in [4.78, 5) is 0. The lowest BCUT2D eigenvalue weighted by atomic mass is 10.2. The second-order valence-corrected chi connectivity index (χ2v) is 4.01. The van der Waals surface area contributed by atoms with E-state index in [9.17, 15) is 17.6 Å². The molecule has 0 aliphatic rings. The van der Waals surface area contributed by atoms with E-state index in [1.807, 2.05) is 0 Å². The average molecular weight is 285 g/mol. The largest absolute Gasteiger partial charge is 0.432 e. The lowest BCUT2D eigenvalue weighted by molar-refractivity contribution is -0.0521. The van der Waals surface area contributed by atoms with Gasteiger partial charge in [-0.3, -0.25) is 0 Å². The highest BCUT2D eigenvalue weighted by Crippen LogP contribution is 2.23. The minimum Gasteiger partial charge on any atom is -0.432 e. The van der Waals surface area contributed by atoms with Crippen molar-refractivity contribution in [3.63, 3.8) is 0 Å². The van der Waals surface area contributed by atoms with Crippen molar-refractivity contribution in [3.8, 4) is 5.75 Å².